The van der Waals surface area contributed by atoms with Crippen LogP contribution in [0.15, 0.2) is 58.8 Å². The molecular weight excluding hydrogens is 424 g/mol. The fourth-order valence-electron chi connectivity index (χ4n) is 3.22. The van der Waals surface area contributed by atoms with Crippen molar-refractivity contribution in [2.45, 2.75) is 23.7 Å². The highest BCUT2D eigenvalue weighted by Gasteiger charge is 2.26. The van der Waals surface area contributed by atoms with Crippen LogP contribution in [0.1, 0.15) is 32.7 Å². The van der Waals surface area contributed by atoms with Crippen LogP contribution < -0.4 is 0 Å². The maximum absolute atomic E-state index is 13.0. The van der Waals surface area contributed by atoms with E-state index < -0.39 is 0 Å². The summed E-state index contributed by atoms with van der Waals surface area (Å²) in [5, 5.41) is 3.87. The summed E-state index contributed by atoms with van der Waals surface area (Å²) in [6.07, 6.45) is -0.124. The van der Waals surface area contributed by atoms with E-state index in [1.807, 2.05) is 60.4 Å². The molecule has 0 N–H and O–H groups in total. The van der Waals surface area contributed by atoms with Gasteiger partial charge in [-0.3, -0.25) is 4.79 Å². The second-order valence-electron chi connectivity index (χ2n) is 6.83. The molecule has 0 saturated carbocycles. The monoisotopic (exact) mass is 444 g/mol. The smallest absolute Gasteiger partial charge is 0.254 e. The van der Waals surface area contributed by atoms with Gasteiger partial charge in [0.25, 0.3) is 5.91 Å². The van der Waals surface area contributed by atoms with E-state index in [-0.39, 0.29) is 12.0 Å². The van der Waals surface area contributed by atoms with Crippen LogP contribution in [-0.4, -0.2) is 35.5 Å². The van der Waals surface area contributed by atoms with E-state index in [1.165, 1.54) is 0 Å². The van der Waals surface area contributed by atoms with Crippen LogP contribution in [-0.2, 0) is 10.5 Å². The van der Waals surface area contributed by atoms with Gasteiger partial charge in [0.2, 0.25) is 0 Å². The third-order valence-corrected chi connectivity index (χ3v) is 6.87. The molecule has 1 unspecified atom stereocenters. The van der Waals surface area contributed by atoms with Crippen LogP contribution in [0, 0.1) is 6.92 Å². The molecule has 4 rings (SSSR count). The molecule has 2 heterocycles. The minimum atomic E-state index is -0.124. The number of carbonyl (C=O) groups excluding carboxylic acids is 1. The zero-order valence-corrected chi connectivity index (χ0v) is 18.4. The number of halogens is 1. The third-order valence-electron chi connectivity index (χ3n) is 4.75. The number of nitrogens with zero attached hydrogens (tertiary/aromatic N) is 2. The van der Waals surface area contributed by atoms with E-state index in [9.17, 15) is 4.79 Å². The number of aromatic nitrogens is 1. The van der Waals surface area contributed by atoms with Gasteiger partial charge in [0.15, 0.2) is 0 Å². The molecule has 29 heavy (non-hydrogen) atoms. The fourth-order valence-corrected chi connectivity index (χ4v) is 4.86. The summed E-state index contributed by atoms with van der Waals surface area (Å²) in [6, 6.07) is 15.4. The number of carbonyl (C=O) groups is 1. The zero-order valence-electron chi connectivity index (χ0n) is 16.0. The second kappa shape index (κ2) is 9.30. The maximum atomic E-state index is 13.0. The van der Waals surface area contributed by atoms with Crippen LogP contribution in [0.25, 0.3) is 0 Å². The minimum Gasteiger partial charge on any atom is -0.370 e. The Morgan fingerprint density at radius 1 is 1.24 bits per heavy atom. The quantitative estimate of drug-likeness (QED) is 0.479. The van der Waals surface area contributed by atoms with E-state index in [2.05, 4.69) is 10.4 Å². The van der Waals surface area contributed by atoms with Crippen LogP contribution in [0.4, 0.5) is 0 Å². The molecule has 7 heteroatoms. The Balaban J connectivity index is 1.37. The summed E-state index contributed by atoms with van der Waals surface area (Å²) in [5.74, 6) is 0.878. The molecule has 0 radical (unpaired) electrons. The molecule has 0 spiro atoms. The van der Waals surface area contributed by atoms with Crippen molar-refractivity contribution in [2.75, 3.05) is 19.7 Å². The highest BCUT2D eigenvalue weighted by atomic mass is 35.5. The molecule has 3 aromatic rings. The molecule has 0 bridgehead atoms. The number of ether oxygens (including phenoxy) is 1. The number of rotatable bonds is 5. The Hall–Kier alpha value is -1.86. The number of thioether (sulfide) groups is 1. The summed E-state index contributed by atoms with van der Waals surface area (Å²) >= 11 is 9.37. The summed E-state index contributed by atoms with van der Waals surface area (Å²) in [7, 11) is 0. The molecule has 1 atom stereocenters. The van der Waals surface area contributed by atoms with Gasteiger partial charge in [-0.1, -0.05) is 23.7 Å². The standard InChI is InChI=1S/C22H21ClN2O2S2/c1-15-24-19(13-28-15)14-29-20-8-4-17(5-9-20)22(26)25-10-11-27-21(12-25)16-2-6-18(23)7-3-16/h2-9,13,21H,10-12,14H2,1H3. The van der Waals surface area contributed by atoms with Crippen molar-refractivity contribution in [1.82, 2.24) is 9.88 Å². The number of thiazole rings is 1. The topological polar surface area (TPSA) is 42.4 Å². The first-order valence-corrected chi connectivity index (χ1v) is 11.6. The molecule has 1 amide bonds. The van der Waals surface area contributed by atoms with Crippen molar-refractivity contribution >= 4 is 40.6 Å². The van der Waals surface area contributed by atoms with Crippen LogP contribution >= 0.6 is 34.7 Å². The van der Waals surface area contributed by atoms with Crippen molar-refractivity contribution in [1.29, 1.82) is 0 Å². The lowest BCUT2D eigenvalue weighted by Gasteiger charge is -2.33. The lowest BCUT2D eigenvalue weighted by Crippen LogP contribution is -2.42. The van der Waals surface area contributed by atoms with E-state index >= 15 is 0 Å². The Bertz CT molecular complexity index is 973. The molecule has 150 valence electrons. The second-order valence-corrected chi connectivity index (χ2v) is 9.38. The van der Waals surface area contributed by atoms with Crippen LogP contribution in [0.5, 0.6) is 0 Å². The average Bonchev–Trinajstić information content (AvgIpc) is 3.18. The molecule has 1 aliphatic heterocycles. The van der Waals surface area contributed by atoms with Gasteiger partial charge in [0.1, 0.15) is 6.10 Å². The molecule has 1 aliphatic rings. The summed E-state index contributed by atoms with van der Waals surface area (Å²) in [4.78, 5) is 20.4. The molecule has 2 aromatic carbocycles. The Morgan fingerprint density at radius 2 is 2.00 bits per heavy atom. The zero-order chi connectivity index (χ0) is 20.2. The van der Waals surface area contributed by atoms with E-state index in [1.54, 1.807) is 23.1 Å². The van der Waals surface area contributed by atoms with Gasteiger partial charge in [-0.15, -0.1) is 23.1 Å². The predicted molar refractivity (Wildman–Crippen MR) is 119 cm³/mol. The van der Waals surface area contributed by atoms with Gasteiger partial charge in [-0.05, 0) is 48.9 Å². The highest BCUT2D eigenvalue weighted by Crippen LogP contribution is 2.26. The average molecular weight is 445 g/mol. The van der Waals surface area contributed by atoms with E-state index in [0.717, 1.165) is 26.9 Å². The predicted octanol–water partition coefficient (Wildman–Crippen LogP) is 5.61. The minimum absolute atomic E-state index is 0.0407. The summed E-state index contributed by atoms with van der Waals surface area (Å²) < 4.78 is 5.87. The normalized spacial score (nSPS) is 16.8. The summed E-state index contributed by atoms with van der Waals surface area (Å²) in [5.41, 5.74) is 2.84. The number of benzene rings is 2. The molecule has 1 aromatic heterocycles. The maximum Gasteiger partial charge on any atom is 0.254 e. The number of aryl methyl sites for hydroxylation is 1. The lowest BCUT2D eigenvalue weighted by atomic mass is 10.1. The lowest BCUT2D eigenvalue weighted by molar-refractivity contribution is -0.0228. The van der Waals surface area contributed by atoms with Gasteiger partial charge in [0, 0.05) is 33.2 Å². The third kappa shape index (κ3) is 5.20. The molecule has 1 fully saturated rings. The van der Waals surface area contributed by atoms with Gasteiger partial charge in [-0.2, -0.15) is 0 Å². The Morgan fingerprint density at radius 3 is 2.69 bits per heavy atom. The van der Waals surface area contributed by atoms with Crippen LogP contribution in [0.2, 0.25) is 5.02 Å². The Kier molecular flexibility index (Phi) is 6.55. The van der Waals surface area contributed by atoms with E-state index in [4.69, 9.17) is 16.3 Å². The number of hydrogen-bond acceptors (Lipinski definition) is 5. The van der Waals surface area contributed by atoms with Gasteiger partial charge in [-0.25, -0.2) is 4.98 Å². The number of hydrogen-bond donors (Lipinski definition) is 0. The van der Waals surface area contributed by atoms with Crippen molar-refractivity contribution in [3.8, 4) is 0 Å². The largest absolute Gasteiger partial charge is 0.370 e. The van der Waals surface area contributed by atoms with Gasteiger partial charge in [0.05, 0.1) is 23.9 Å². The number of amides is 1. The molecule has 0 aliphatic carbocycles. The van der Waals surface area contributed by atoms with Crippen LogP contribution in [0.3, 0.4) is 0 Å². The van der Waals surface area contributed by atoms with E-state index in [0.29, 0.717) is 30.3 Å². The van der Waals surface area contributed by atoms with Gasteiger partial charge >= 0.3 is 0 Å². The highest BCUT2D eigenvalue weighted by molar-refractivity contribution is 7.98. The first-order valence-electron chi connectivity index (χ1n) is 9.39. The van der Waals surface area contributed by atoms with Crippen molar-refractivity contribution < 1.29 is 9.53 Å². The molecule has 1 saturated heterocycles. The van der Waals surface area contributed by atoms with Gasteiger partial charge < -0.3 is 9.64 Å². The molecular formula is C22H21ClN2O2S2. The van der Waals surface area contributed by atoms with Crippen molar-refractivity contribution in [3.63, 3.8) is 0 Å². The first-order chi connectivity index (χ1) is 14.1. The van der Waals surface area contributed by atoms with Crippen molar-refractivity contribution in [2.24, 2.45) is 0 Å². The number of morpholine rings is 1. The Labute approximate surface area is 183 Å². The summed E-state index contributed by atoms with van der Waals surface area (Å²) in [6.45, 7) is 3.69. The molecule has 4 nitrogen and oxygen atoms in total. The van der Waals surface area contributed by atoms with Crippen molar-refractivity contribution in [3.05, 3.63) is 80.8 Å². The first kappa shape index (κ1) is 20.4. The SMILES string of the molecule is Cc1nc(CSc2ccc(C(=O)N3CCOC(c4ccc(Cl)cc4)C3)cc2)cs1. The fraction of sp³-hybridized carbons (Fsp3) is 0.273.